The van der Waals surface area contributed by atoms with E-state index >= 15 is 0 Å². The van der Waals surface area contributed by atoms with Gasteiger partial charge in [0.15, 0.2) is 6.61 Å². The van der Waals surface area contributed by atoms with E-state index in [0.29, 0.717) is 5.92 Å². The maximum Gasteiger partial charge on any atom is 0.260 e. The van der Waals surface area contributed by atoms with Gasteiger partial charge in [0.1, 0.15) is 5.75 Å². The minimum absolute atomic E-state index is 0.0700. The van der Waals surface area contributed by atoms with Gasteiger partial charge in [-0.2, -0.15) is 0 Å². The second kappa shape index (κ2) is 9.56. The van der Waals surface area contributed by atoms with Gasteiger partial charge in [0.05, 0.1) is 0 Å². The Hall–Kier alpha value is -2.33. The number of ether oxygens (including phenoxy) is 1. The Balaban J connectivity index is 1.40. The zero-order valence-corrected chi connectivity index (χ0v) is 16.4. The van der Waals surface area contributed by atoms with Crippen LogP contribution in [-0.4, -0.2) is 48.5 Å². The van der Waals surface area contributed by atoms with Crippen molar-refractivity contribution in [2.24, 2.45) is 5.92 Å². The number of piperazine rings is 1. The maximum atomic E-state index is 12.4. The maximum absolute atomic E-state index is 12.4. The first-order valence-corrected chi connectivity index (χ1v) is 9.86. The van der Waals surface area contributed by atoms with Crippen LogP contribution in [0.2, 0.25) is 0 Å². The molecule has 1 heterocycles. The molecule has 0 bridgehead atoms. The standard InChI is InChI=1S/C23H30N2O2/c1-19(2)16-20-8-10-22(11-9-20)27-18-23(26)25-14-12-24(13-15-25)17-21-6-4-3-5-7-21/h3-11,19H,12-18H2,1-2H3. The van der Waals surface area contributed by atoms with E-state index in [-0.39, 0.29) is 12.5 Å². The molecule has 0 atom stereocenters. The first kappa shape index (κ1) is 19.4. The number of carbonyl (C=O) groups is 1. The highest BCUT2D eigenvalue weighted by Gasteiger charge is 2.21. The summed E-state index contributed by atoms with van der Waals surface area (Å²) in [7, 11) is 0. The largest absolute Gasteiger partial charge is 0.484 e. The van der Waals surface area contributed by atoms with Crippen molar-refractivity contribution in [3.8, 4) is 5.75 Å². The highest BCUT2D eigenvalue weighted by Crippen LogP contribution is 2.15. The quantitative estimate of drug-likeness (QED) is 0.750. The highest BCUT2D eigenvalue weighted by atomic mass is 16.5. The van der Waals surface area contributed by atoms with Crippen LogP contribution in [0, 0.1) is 5.92 Å². The van der Waals surface area contributed by atoms with Crippen molar-refractivity contribution in [3.63, 3.8) is 0 Å². The van der Waals surface area contributed by atoms with Crippen molar-refractivity contribution in [3.05, 3.63) is 65.7 Å². The summed E-state index contributed by atoms with van der Waals surface area (Å²) >= 11 is 0. The Kier molecular flexibility index (Phi) is 6.88. The topological polar surface area (TPSA) is 32.8 Å². The van der Waals surface area contributed by atoms with Gasteiger partial charge in [-0.1, -0.05) is 56.3 Å². The molecule has 144 valence electrons. The second-order valence-electron chi connectivity index (χ2n) is 7.67. The molecule has 4 heteroatoms. The number of nitrogens with zero attached hydrogens (tertiary/aromatic N) is 2. The van der Waals surface area contributed by atoms with Gasteiger partial charge < -0.3 is 9.64 Å². The molecule has 27 heavy (non-hydrogen) atoms. The summed E-state index contributed by atoms with van der Waals surface area (Å²) in [6, 6.07) is 18.6. The van der Waals surface area contributed by atoms with E-state index in [2.05, 4.69) is 55.1 Å². The molecule has 2 aromatic carbocycles. The van der Waals surface area contributed by atoms with Crippen molar-refractivity contribution in [2.45, 2.75) is 26.8 Å². The molecule has 1 aliphatic rings. The zero-order valence-electron chi connectivity index (χ0n) is 16.4. The van der Waals surface area contributed by atoms with Gasteiger partial charge in [0.2, 0.25) is 0 Å². The number of hydrogen-bond acceptors (Lipinski definition) is 3. The summed E-state index contributed by atoms with van der Waals surface area (Å²) in [6.07, 6.45) is 1.06. The van der Waals surface area contributed by atoms with E-state index in [1.165, 1.54) is 11.1 Å². The average molecular weight is 367 g/mol. The van der Waals surface area contributed by atoms with Crippen LogP contribution >= 0.6 is 0 Å². The van der Waals surface area contributed by atoms with Gasteiger partial charge in [-0.05, 0) is 35.6 Å². The Morgan fingerprint density at radius 2 is 1.59 bits per heavy atom. The third-order valence-electron chi connectivity index (χ3n) is 4.90. The fourth-order valence-electron chi connectivity index (χ4n) is 3.43. The molecule has 3 rings (SSSR count). The van der Waals surface area contributed by atoms with E-state index in [1.54, 1.807) is 0 Å². The average Bonchev–Trinajstić information content (AvgIpc) is 2.68. The van der Waals surface area contributed by atoms with Gasteiger partial charge in [0.25, 0.3) is 5.91 Å². The van der Waals surface area contributed by atoms with Gasteiger partial charge in [-0.3, -0.25) is 9.69 Å². The predicted molar refractivity (Wildman–Crippen MR) is 109 cm³/mol. The van der Waals surface area contributed by atoms with E-state index in [0.717, 1.165) is 44.9 Å². The van der Waals surface area contributed by atoms with Crippen molar-refractivity contribution in [1.82, 2.24) is 9.80 Å². The lowest BCUT2D eigenvalue weighted by atomic mass is 10.0. The zero-order chi connectivity index (χ0) is 19.1. The number of hydrogen-bond donors (Lipinski definition) is 0. The van der Waals surface area contributed by atoms with Gasteiger partial charge in [-0.15, -0.1) is 0 Å². The summed E-state index contributed by atoms with van der Waals surface area (Å²) in [6.45, 7) is 8.83. The van der Waals surface area contributed by atoms with Crippen molar-refractivity contribution in [1.29, 1.82) is 0 Å². The van der Waals surface area contributed by atoms with Crippen LogP contribution in [0.15, 0.2) is 54.6 Å². The van der Waals surface area contributed by atoms with Gasteiger partial charge in [0, 0.05) is 32.7 Å². The van der Waals surface area contributed by atoms with E-state index in [4.69, 9.17) is 4.74 Å². The first-order chi connectivity index (χ1) is 13.1. The molecule has 0 N–H and O–H groups in total. The number of rotatable bonds is 7. The van der Waals surface area contributed by atoms with Crippen molar-refractivity contribution >= 4 is 5.91 Å². The fourth-order valence-corrected chi connectivity index (χ4v) is 3.43. The molecule has 1 aliphatic heterocycles. The van der Waals surface area contributed by atoms with E-state index in [9.17, 15) is 4.79 Å². The van der Waals surface area contributed by atoms with Gasteiger partial charge >= 0.3 is 0 Å². The Morgan fingerprint density at radius 1 is 0.926 bits per heavy atom. The monoisotopic (exact) mass is 366 g/mol. The SMILES string of the molecule is CC(C)Cc1ccc(OCC(=O)N2CCN(Cc3ccccc3)CC2)cc1. The molecule has 0 unspecified atom stereocenters. The summed E-state index contributed by atoms with van der Waals surface area (Å²) in [5, 5.41) is 0. The summed E-state index contributed by atoms with van der Waals surface area (Å²) in [5.41, 5.74) is 2.62. The molecule has 1 amide bonds. The minimum atomic E-state index is 0.0700. The minimum Gasteiger partial charge on any atom is -0.484 e. The van der Waals surface area contributed by atoms with Crippen LogP contribution in [0.5, 0.6) is 5.75 Å². The summed E-state index contributed by atoms with van der Waals surface area (Å²) in [4.78, 5) is 16.7. The van der Waals surface area contributed by atoms with Crippen molar-refractivity contribution < 1.29 is 9.53 Å². The lowest BCUT2D eigenvalue weighted by molar-refractivity contribution is -0.135. The van der Waals surface area contributed by atoms with E-state index in [1.807, 2.05) is 23.1 Å². The molecular formula is C23H30N2O2. The summed E-state index contributed by atoms with van der Waals surface area (Å²) in [5.74, 6) is 1.47. The fraction of sp³-hybridized carbons (Fsp3) is 0.435. The predicted octanol–water partition coefficient (Wildman–Crippen LogP) is 3.61. The molecule has 0 spiro atoms. The Bertz CT molecular complexity index is 705. The molecular weight excluding hydrogens is 336 g/mol. The highest BCUT2D eigenvalue weighted by molar-refractivity contribution is 5.77. The molecule has 1 fully saturated rings. The van der Waals surface area contributed by atoms with Crippen LogP contribution < -0.4 is 4.74 Å². The number of benzene rings is 2. The molecule has 1 saturated heterocycles. The first-order valence-electron chi connectivity index (χ1n) is 9.86. The Labute approximate surface area is 162 Å². The third kappa shape index (κ3) is 6.10. The number of carbonyl (C=O) groups excluding carboxylic acids is 1. The molecule has 4 nitrogen and oxygen atoms in total. The lowest BCUT2D eigenvalue weighted by Crippen LogP contribution is -2.49. The normalized spacial score (nSPS) is 15.1. The van der Waals surface area contributed by atoms with Crippen LogP contribution in [-0.2, 0) is 17.8 Å². The molecule has 0 saturated carbocycles. The van der Waals surface area contributed by atoms with Gasteiger partial charge in [-0.25, -0.2) is 0 Å². The van der Waals surface area contributed by atoms with Crippen LogP contribution in [0.3, 0.4) is 0 Å². The summed E-state index contributed by atoms with van der Waals surface area (Å²) < 4.78 is 5.70. The van der Waals surface area contributed by atoms with Crippen molar-refractivity contribution in [2.75, 3.05) is 32.8 Å². The molecule has 0 radical (unpaired) electrons. The molecule has 2 aromatic rings. The second-order valence-corrected chi connectivity index (χ2v) is 7.67. The Morgan fingerprint density at radius 3 is 2.22 bits per heavy atom. The molecule has 0 aromatic heterocycles. The van der Waals surface area contributed by atoms with Crippen LogP contribution in [0.4, 0.5) is 0 Å². The lowest BCUT2D eigenvalue weighted by Gasteiger charge is -2.34. The smallest absolute Gasteiger partial charge is 0.260 e. The van der Waals surface area contributed by atoms with Crippen LogP contribution in [0.1, 0.15) is 25.0 Å². The molecule has 0 aliphatic carbocycles. The third-order valence-corrected chi connectivity index (χ3v) is 4.90. The van der Waals surface area contributed by atoms with Crippen LogP contribution in [0.25, 0.3) is 0 Å². The number of amides is 1. The van der Waals surface area contributed by atoms with E-state index < -0.39 is 0 Å².